The number of benzene rings is 1. The molecule has 0 aromatic heterocycles. The number of hydrogen-bond donors (Lipinski definition) is 0. The highest BCUT2D eigenvalue weighted by Crippen LogP contribution is 2.12. The topological polar surface area (TPSA) is 6.25 Å². The van der Waals surface area contributed by atoms with Gasteiger partial charge in [-0.25, -0.2) is 0 Å². The SMILES string of the molecule is CCCCCCCCCCCCN1CC[N+](Cc2ccccc2)=C1C. The molecule has 0 spiro atoms. The summed E-state index contributed by atoms with van der Waals surface area (Å²) in [6, 6.07) is 10.8. The Morgan fingerprint density at radius 2 is 1.44 bits per heavy atom. The van der Waals surface area contributed by atoms with Gasteiger partial charge in [-0.15, -0.1) is 0 Å². The van der Waals surface area contributed by atoms with E-state index in [1.54, 1.807) is 0 Å². The van der Waals surface area contributed by atoms with E-state index in [0.717, 1.165) is 6.54 Å². The monoisotopic (exact) mass is 343 g/mol. The predicted molar refractivity (Wildman–Crippen MR) is 109 cm³/mol. The van der Waals surface area contributed by atoms with Crippen LogP contribution in [0.4, 0.5) is 0 Å². The maximum absolute atomic E-state index is 2.59. The van der Waals surface area contributed by atoms with Gasteiger partial charge in [-0.1, -0.05) is 88.6 Å². The fourth-order valence-corrected chi connectivity index (χ4v) is 3.83. The molecule has 0 bridgehead atoms. The molecule has 1 aromatic rings. The van der Waals surface area contributed by atoms with E-state index in [1.165, 1.54) is 95.2 Å². The Bertz CT molecular complexity index is 492. The molecule has 0 N–H and O–H groups in total. The standard InChI is InChI=1S/C23H39N2/c1-3-4-5-6-7-8-9-10-11-15-18-24-19-20-25(22(24)2)21-23-16-13-12-14-17-23/h12-14,16-17H,3-11,15,18-21H2,1-2H3/q+1. The van der Waals surface area contributed by atoms with Crippen molar-refractivity contribution in [2.45, 2.75) is 84.6 Å². The van der Waals surface area contributed by atoms with Crippen molar-refractivity contribution in [3.63, 3.8) is 0 Å². The molecule has 0 saturated carbocycles. The van der Waals surface area contributed by atoms with Crippen molar-refractivity contribution in [1.82, 2.24) is 4.90 Å². The summed E-state index contributed by atoms with van der Waals surface area (Å²) < 4.78 is 2.53. The van der Waals surface area contributed by atoms with Crippen LogP contribution >= 0.6 is 0 Å². The second kappa shape index (κ2) is 12.1. The van der Waals surface area contributed by atoms with Gasteiger partial charge in [0.25, 0.3) is 0 Å². The van der Waals surface area contributed by atoms with Crippen molar-refractivity contribution in [3.05, 3.63) is 35.9 Å². The molecule has 0 atom stereocenters. The van der Waals surface area contributed by atoms with Gasteiger partial charge in [-0.3, -0.25) is 9.48 Å². The van der Waals surface area contributed by atoms with Crippen LogP contribution in [-0.2, 0) is 6.54 Å². The Kier molecular flexibility index (Phi) is 9.69. The zero-order chi connectivity index (χ0) is 17.7. The van der Waals surface area contributed by atoms with E-state index < -0.39 is 0 Å². The zero-order valence-electron chi connectivity index (χ0n) is 16.7. The van der Waals surface area contributed by atoms with E-state index in [9.17, 15) is 0 Å². The van der Waals surface area contributed by atoms with Crippen LogP contribution < -0.4 is 0 Å². The maximum Gasteiger partial charge on any atom is 0.244 e. The number of hydrogen-bond acceptors (Lipinski definition) is 1. The quantitative estimate of drug-likeness (QED) is 0.321. The summed E-state index contributed by atoms with van der Waals surface area (Å²) in [5, 5.41) is 0. The molecule has 2 rings (SSSR count). The molecular formula is C23H39N2+. The van der Waals surface area contributed by atoms with Crippen molar-refractivity contribution in [3.8, 4) is 0 Å². The third kappa shape index (κ3) is 7.63. The Morgan fingerprint density at radius 3 is 2.08 bits per heavy atom. The lowest BCUT2D eigenvalue weighted by Gasteiger charge is -2.10. The maximum atomic E-state index is 2.59. The lowest BCUT2D eigenvalue weighted by molar-refractivity contribution is -0.534. The van der Waals surface area contributed by atoms with Gasteiger partial charge in [0.15, 0.2) is 0 Å². The Labute approximate surface area is 155 Å². The van der Waals surface area contributed by atoms with Crippen molar-refractivity contribution in [2.24, 2.45) is 0 Å². The van der Waals surface area contributed by atoms with Gasteiger partial charge in [-0.2, -0.15) is 0 Å². The van der Waals surface area contributed by atoms with Crippen molar-refractivity contribution < 1.29 is 4.58 Å². The summed E-state index contributed by atoms with van der Waals surface area (Å²) in [5.41, 5.74) is 1.42. The fourth-order valence-electron chi connectivity index (χ4n) is 3.83. The molecule has 0 saturated heterocycles. The largest absolute Gasteiger partial charge is 0.262 e. The average Bonchev–Trinajstić information content (AvgIpc) is 2.97. The van der Waals surface area contributed by atoms with E-state index in [0.29, 0.717) is 0 Å². The van der Waals surface area contributed by atoms with Crippen LogP contribution in [0.2, 0.25) is 0 Å². The van der Waals surface area contributed by atoms with Gasteiger partial charge in [0, 0.05) is 6.92 Å². The van der Waals surface area contributed by atoms with Gasteiger partial charge < -0.3 is 0 Å². The molecule has 140 valence electrons. The van der Waals surface area contributed by atoms with Crippen molar-refractivity contribution in [1.29, 1.82) is 0 Å². The van der Waals surface area contributed by atoms with Crippen LogP contribution in [0.25, 0.3) is 0 Å². The molecule has 25 heavy (non-hydrogen) atoms. The molecule has 0 fully saturated rings. The lowest BCUT2D eigenvalue weighted by Crippen LogP contribution is -2.28. The van der Waals surface area contributed by atoms with E-state index in [2.05, 4.69) is 53.7 Å². The first-order valence-electron chi connectivity index (χ1n) is 10.7. The van der Waals surface area contributed by atoms with Crippen LogP contribution in [0.3, 0.4) is 0 Å². The molecular weight excluding hydrogens is 304 g/mol. The third-order valence-electron chi connectivity index (χ3n) is 5.55. The molecule has 1 aliphatic rings. The Balaban J connectivity index is 1.54. The molecule has 1 aliphatic heterocycles. The second-order valence-electron chi connectivity index (χ2n) is 7.62. The smallest absolute Gasteiger partial charge is 0.244 e. The van der Waals surface area contributed by atoms with Gasteiger partial charge in [0.05, 0.1) is 6.54 Å². The van der Waals surface area contributed by atoms with E-state index in [1.807, 2.05) is 0 Å². The molecule has 2 heteroatoms. The number of amidine groups is 1. The van der Waals surface area contributed by atoms with E-state index >= 15 is 0 Å². The van der Waals surface area contributed by atoms with E-state index in [4.69, 9.17) is 0 Å². The molecule has 0 amide bonds. The first kappa shape index (κ1) is 20.0. The number of unbranched alkanes of at least 4 members (excludes halogenated alkanes) is 9. The first-order chi connectivity index (χ1) is 12.3. The van der Waals surface area contributed by atoms with Crippen LogP contribution in [0, 0.1) is 0 Å². The second-order valence-corrected chi connectivity index (χ2v) is 7.62. The van der Waals surface area contributed by atoms with Gasteiger partial charge in [0.1, 0.15) is 19.6 Å². The Hall–Kier alpha value is -1.31. The van der Waals surface area contributed by atoms with Gasteiger partial charge in [0.2, 0.25) is 5.84 Å². The minimum atomic E-state index is 1.06. The predicted octanol–water partition coefficient (Wildman–Crippen LogP) is 5.85. The fraction of sp³-hybridized carbons (Fsp3) is 0.696. The normalized spacial score (nSPS) is 14.6. The van der Waals surface area contributed by atoms with Crippen LogP contribution in [0.15, 0.2) is 30.3 Å². The third-order valence-corrected chi connectivity index (χ3v) is 5.55. The molecule has 0 aliphatic carbocycles. The summed E-state index contributed by atoms with van der Waals surface area (Å²) >= 11 is 0. The molecule has 0 unspecified atom stereocenters. The minimum absolute atomic E-state index is 1.06. The highest BCUT2D eigenvalue weighted by Gasteiger charge is 2.25. The van der Waals surface area contributed by atoms with Gasteiger partial charge in [-0.05, 0) is 18.4 Å². The minimum Gasteiger partial charge on any atom is -0.262 e. The van der Waals surface area contributed by atoms with Crippen molar-refractivity contribution in [2.75, 3.05) is 19.6 Å². The summed E-state index contributed by atoms with van der Waals surface area (Å²) in [5.74, 6) is 1.47. The molecule has 1 aromatic carbocycles. The lowest BCUT2D eigenvalue weighted by atomic mass is 10.1. The van der Waals surface area contributed by atoms with Gasteiger partial charge >= 0.3 is 0 Å². The number of nitrogens with zero attached hydrogens (tertiary/aromatic N) is 2. The average molecular weight is 344 g/mol. The first-order valence-corrected chi connectivity index (χ1v) is 10.7. The van der Waals surface area contributed by atoms with Crippen LogP contribution in [-0.4, -0.2) is 34.9 Å². The summed E-state index contributed by atoms with van der Waals surface area (Å²) in [7, 11) is 0. The van der Waals surface area contributed by atoms with Crippen LogP contribution in [0.1, 0.15) is 83.6 Å². The summed E-state index contributed by atoms with van der Waals surface area (Å²) in [6.07, 6.45) is 14.2. The van der Waals surface area contributed by atoms with Crippen molar-refractivity contribution >= 4 is 5.84 Å². The van der Waals surface area contributed by atoms with Crippen LogP contribution in [0.5, 0.6) is 0 Å². The highest BCUT2D eigenvalue weighted by atomic mass is 15.3. The zero-order valence-corrected chi connectivity index (χ0v) is 16.7. The van der Waals surface area contributed by atoms with E-state index in [-0.39, 0.29) is 0 Å². The molecule has 2 nitrogen and oxygen atoms in total. The number of rotatable bonds is 13. The highest BCUT2D eigenvalue weighted by molar-refractivity contribution is 5.75. The summed E-state index contributed by atoms with van der Waals surface area (Å²) in [6.45, 7) is 9.27. The molecule has 1 heterocycles. The Morgan fingerprint density at radius 1 is 0.840 bits per heavy atom. The summed E-state index contributed by atoms with van der Waals surface area (Å²) in [4.78, 5) is 2.59. The molecule has 0 radical (unpaired) electrons.